The van der Waals surface area contributed by atoms with E-state index in [1.807, 2.05) is 6.92 Å². The van der Waals surface area contributed by atoms with Gasteiger partial charge in [0.15, 0.2) is 6.10 Å². The van der Waals surface area contributed by atoms with E-state index in [0.29, 0.717) is 18.8 Å². The average Bonchev–Trinajstić information content (AvgIpc) is 2.15. The molecule has 0 amide bonds. The van der Waals surface area contributed by atoms with Crippen molar-refractivity contribution in [1.29, 1.82) is 0 Å². The summed E-state index contributed by atoms with van der Waals surface area (Å²) in [6.07, 6.45) is -3.83. The molecule has 0 aromatic carbocycles. The van der Waals surface area contributed by atoms with E-state index in [-0.39, 0.29) is 6.54 Å². The van der Waals surface area contributed by atoms with Crippen LogP contribution >= 0.6 is 0 Å². The lowest BCUT2D eigenvalue weighted by Gasteiger charge is -2.36. The Morgan fingerprint density at radius 3 is 2.65 bits per heavy atom. The predicted octanol–water partition coefficient (Wildman–Crippen LogP) is 1.44. The van der Waals surface area contributed by atoms with Crippen LogP contribution in [-0.2, 0) is 0 Å². The summed E-state index contributed by atoms with van der Waals surface area (Å²) in [6, 6.07) is 0. The summed E-state index contributed by atoms with van der Waals surface area (Å²) in [5.41, 5.74) is -0.928. The van der Waals surface area contributed by atoms with Crippen molar-refractivity contribution in [2.24, 2.45) is 5.92 Å². The number of hydrogen-bond donors (Lipinski definition) is 3. The fraction of sp³-hybridized carbons (Fsp3) is 1.00. The SMILES string of the molecule is CC1CCCC(O)(CNCC(O)C(F)(F)F)C1. The van der Waals surface area contributed by atoms with Crippen molar-refractivity contribution in [1.82, 2.24) is 5.32 Å². The van der Waals surface area contributed by atoms with Crippen LogP contribution in [0.3, 0.4) is 0 Å². The van der Waals surface area contributed by atoms with Crippen LogP contribution < -0.4 is 5.32 Å². The first-order chi connectivity index (χ1) is 7.73. The molecule has 1 aliphatic carbocycles. The lowest BCUT2D eigenvalue weighted by molar-refractivity contribution is -0.202. The molecule has 0 aromatic rings. The molecule has 102 valence electrons. The molecular formula is C11H20F3NO2. The Balaban J connectivity index is 2.30. The number of halogens is 3. The van der Waals surface area contributed by atoms with Gasteiger partial charge in [0.2, 0.25) is 0 Å². The van der Waals surface area contributed by atoms with E-state index in [9.17, 15) is 18.3 Å². The molecule has 3 nitrogen and oxygen atoms in total. The molecule has 0 spiro atoms. The summed E-state index contributed by atoms with van der Waals surface area (Å²) in [5, 5.41) is 21.4. The van der Waals surface area contributed by atoms with Crippen molar-refractivity contribution in [2.75, 3.05) is 13.1 Å². The van der Waals surface area contributed by atoms with Gasteiger partial charge >= 0.3 is 6.18 Å². The zero-order chi connectivity index (χ0) is 13.1. The van der Waals surface area contributed by atoms with Crippen LogP contribution in [0.2, 0.25) is 0 Å². The lowest BCUT2D eigenvalue weighted by atomic mass is 9.79. The fourth-order valence-electron chi connectivity index (χ4n) is 2.35. The summed E-state index contributed by atoms with van der Waals surface area (Å²) in [6.45, 7) is 1.55. The number of alkyl halides is 3. The Kier molecular flexibility index (Phi) is 4.80. The van der Waals surface area contributed by atoms with Gasteiger partial charge in [0.25, 0.3) is 0 Å². The zero-order valence-corrected chi connectivity index (χ0v) is 9.93. The molecule has 1 aliphatic rings. The van der Waals surface area contributed by atoms with Crippen molar-refractivity contribution < 1.29 is 23.4 Å². The molecule has 3 unspecified atom stereocenters. The van der Waals surface area contributed by atoms with Gasteiger partial charge in [-0.3, -0.25) is 0 Å². The van der Waals surface area contributed by atoms with Gasteiger partial charge in [-0.15, -0.1) is 0 Å². The van der Waals surface area contributed by atoms with Crippen molar-refractivity contribution in [3.05, 3.63) is 0 Å². The van der Waals surface area contributed by atoms with Gasteiger partial charge in [-0.25, -0.2) is 0 Å². The van der Waals surface area contributed by atoms with Crippen molar-refractivity contribution in [2.45, 2.75) is 50.5 Å². The fourth-order valence-corrected chi connectivity index (χ4v) is 2.35. The van der Waals surface area contributed by atoms with Crippen molar-refractivity contribution in [3.8, 4) is 0 Å². The second kappa shape index (κ2) is 5.54. The molecule has 17 heavy (non-hydrogen) atoms. The molecule has 0 radical (unpaired) electrons. The highest BCUT2D eigenvalue weighted by Gasteiger charge is 2.38. The first-order valence-electron chi connectivity index (χ1n) is 5.91. The van der Waals surface area contributed by atoms with Crippen LogP contribution in [0.4, 0.5) is 13.2 Å². The first-order valence-corrected chi connectivity index (χ1v) is 5.91. The summed E-state index contributed by atoms with van der Waals surface area (Å²) >= 11 is 0. The monoisotopic (exact) mass is 255 g/mol. The van der Waals surface area contributed by atoms with Gasteiger partial charge in [-0.2, -0.15) is 13.2 Å². The highest BCUT2D eigenvalue weighted by Crippen LogP contribution is 2.31. The molecular weight excluding hydrogens is 235 g/mol. The smallest absolute Gasteiger partial charge is 0.389 e. The van der Waals surface area contributed by atoms with Gasteiger partial charge in [-0.1, -0.05) is 19.8 Å². The third-order valence-electron chi connectivity index (χ3n) is 3.24. The van der Waals surface area contributed by atoms with E-state index >= 15 is 0 Å². The van der Waals surface area contributed by atoms with Crippen LogP contribution in [0.1, 0.15) is 32.6 Å². The normalized spacial score (nSPS) is 32.5. The highest BCUT2D eigenvalue weighted by atomic mass is 19.4. The topological polar surface area (TPSA) is 52.5 Å². The van der Waals surface area contributed by atoms with Crippen LogP contribution in [0.5, 0.6) is 0 Å². The van der Waals surface area contributed by atoms with E-state index in [1.54, 1.807) is 0 Å². The largest absolute Gasteiger partial charge is 0.415 e. The summed E-state index contributed by atoms with van der Waals surface area (Å²) in [7, 11) is 0. The van der Waals surface area contributed by atoms with Crippen LogP contribution in [0, 0.1) is 5.92 Å². The maximum absolute atomic E-state index is 12.0. The third kappa shape index (κ3) is 4.81. The third-order valence-corrected chi connectivity index (χ3v) is 3.24. The molecule has 1 fully saturated rings. The Hall–Kier alpha value is -0.330. The molecule has 1 saturated carbocycles. The quantitative estimate of drug-likeness (QED) is 0.712. The summed E-state index contributed by atoms with van der Waals surface area (Å²) < 4.78 is 36.1. The average molecular weight is 255 g/mol. The number of aliphatic hydroxyl groups excluding tert-OH is 1. The van der Waals surface area contributed by atoms with E-state index in [2.05, 4.69) is 5.32 Å². The van der Waals surface area contributed by atoms with Crippen LogP contribution in [-0.4, -0.2) is 41.2 Å². The van der Waals surface area contributed by atoms with Crippen LogP contribution in [0.15, 0.2) is 0 Å². The lowest BCUT2D eigenvalue weighted by Crippen LogP contribution is -2.47. The molecule has 0 saturated heterocycles. The van der Waals surface area contributed by atoms with E-state index in [1.165, 1.54) is 0 Å². The number of aliphatic hydroxyl groups is 2. The maximum atomic E-state index is 12.0. The second-order valence-corrected chi connectivity index (χ2v) is 5.11. The minimum atomic E-state index is -4.60. The summed E-state index contributed by atoms with van der Waals surface area (Å²) in [4.78, 5) is 0. The Morgan fingerprint density at radius 1 is 1.47 bits per heavy atom. The standard InChI is InChI=1S/C11H20F3NO2/c1-8-3-2-4-10(17,5-8)7-15-6-9(16)11(12,13)14/h8-9,15-17H,2-7H2,1H3. The van der Waals surface area contributed by atoms with E-state index < -0.39 is 24.4 Å². The van der Waals surface area contributed by atoms with E-state index in [0.717, 1.165) is 12.8 Å². The molecule has 3 N–H and O–H groups in total. The van der Waals surface area contributed by atoms with Crippen LogP contribution in [0.25, 0.3) is 0 Å². The molecule has 0 heterocycles. The van der Waals surface area contributed by atoms with Gasteiger partial charge in [0.05, 0.1) is 5.60 Å². The van der Waals surface area contributed by atoms with Crippen molar-refractivity contribution >= 4 is 0 Å². The minimum absolute atomic E-state index is 0.102. The molecule has 6 heteroatoms. The molecule has 0 aromatic heterocycles. The first kappa shape index (κ1) is 14.7. The Labute approximate surface area is 99.0 Å². The highest BCUT2D eigenvalue weighted by molar-refractivity contribution is 4.87. The number of hydrogen-bond acceptors (Lipinski definition) is 3. The zero-order valence-electron chi connectivity index (χ0n) is 9.93. The predicted molar refractivity (Wildman–Crippen MR) is 57.5 cm³/mol. The molecule has 1 rings (SSSR count). The Morgan fingerprint density at radius 2 is 2.12 bits per heavy atom. The van der Waals surface area contributed by atoms with Gasteiger partial charge in [0.1, 0.15) is 0 Å². The Bertz CT molecular complexity index is 247. The second-order valence-electron chi connectivity index (χ2n) is 5.11. The number of nitrogens with one attached hydrogen (secondary N) is 1. The maximum Gasteiger partial charge on any atom is 0.415 e. The minimum Gasteiger partial charge on any atom is -0.389 e. The van der Waals surface area contributed by atoms with Crippen molar-refractivity contribution in [3.63, 3.8) is 0 Å². The molecule has 0 aliphatic heterocycles. The molecule has 0 bridgehead atoms. The van der Waals surface area contributed by atoms with Gasteiger partial charge < -0.3 is 15.5 Å². The van der Waals surface area contributed by atoms with E-state index in [4.69, 9.17) is 5.11 Å². The molecule has 3 atom stereocenters. The van der Waals surface area contributed by atoms with Gasteiger partial charge in [0, 0.05) is 13.1 Å². The number of rotatable bonds is 4. The van der Waals surface area contributed by atoms with Gasteiger partial charge in [-0.05, 0) is 18.8 Å². The summed E-state index contributed by atoms with van der Waals surface area (Å²) in [5.74, 6) is 0.392.